The smallest absolute Gasteiger partial charge is 0.410 e. The zero-order chi connectivity index (χ0) is 18.3. The average Bonchev–Trinajstić information content (AvgIpc) is 2.45. The minimum Gasteiger partial charge on any atom is -0.444 e. The maximum atomic E-state index is 12.0. The number of likely N-dealkylation sites (N-methyl/N-ethyl adjacent to an activating group) is 1. The molecule has 0 atom stereocenters. The summed E-state index contributed by atoms with van der Waals surface area (Å²) in [5.41, 5.74) is 8.72. The van der Waals surface area contributed by atoms with Gasteiger partial charge in [0, 0.05) is 18.8 Å². The first kappa shape index (κ1) is 19.8. The Labute approximate surface area is 145 Å². The number of nitrogens with zero attached hydrogens (tertiary/aromatic N) is 2. The van der Waals surface area contributed by atoms with Gasteiger partial charge in [0.05, 0.1) is 6.54 Å². The molecule has 6 heteroatoms. The van der Waals surface area contributed by atoms with Crippen LogP contribution in [0.15, 0.2) is 23.2 Å². The molecule has 1 aromatic carbocycles. The minimum absolute atomic E-state index is 0.332. The zero-order valence-electron chi connectivity index (χ0n) is 15.6. The van der Waals surface area contributed by atoms with Crippen LogP contribution in [0.2, 0.25) is 0 Å². The number of rotatable bonds is 5. The second kappa shape index (κ2) is 8.57. The molecule has 0 fully saturated rings. The molecule has 134 valence electrons. The second-order valence-electron chi connectivity index (χ2n) is 6.75. The molecule has 0 aliphatic rings. The van der Waals surface area contributed by atoms with Gasteiger partial charge >= 0.3 is 6.09 Å². The molecule has 1 amide bonds. The summed E-state index contributed by atoms with van der Waals surface area (Å²) in [5, 5.41) is 3.06. The first-order valence-corrected chi connectivity index (χ1v) is 8.24. The van der Waals surface area contributed by atoms with E-state index >= 15 is 0 Å². The van der Waals surface area contributed by atoms with Gasteiger partial charge in [-0.2, -0.15) is 0 Å². The SMILES string of the molecule is CCN(CCN=C(N)Nc1ccc(C)c(C)c1)C(=O)OC(C)(C)C. The summed E-state index contributed by atoms with van der Waals surface area (Å²) in [6.07, 6.45) is -0.333. The number of guanidine groups is 1. The largest absolute Gasteiger partial charge is 0.444 e. The highest BCUT2D eigenvalue weighted by atomic mass is 16.6. The Morgan fingerprint density at radius 2 is 1.96 bits per heavy atom. The van der Waals surface area contributed by atoms with E-state index in [1.807, 2.05) is 52.8 Å². The van der Waals surface area contributed by atoms with Crippen LogP contribution in [0, 0.1) is 13.8 Å². The van der Waals surface area contributed by atoms with Crippen LogP contribution in [-0.4, -0.2) is 42.2 Å². The van der Waals surface area contributed by atoms with E-state index in [2.05, 4.69) is 17.2 Å². The Morgan fingerprint density at radius 1 is 1.29 bits per heavy atom. The van der Waals surface area contributed by atoms with Gasteiger partial charge in [-0.1, -0.05) is 6.07 Å². The van der Waals surface area contributed by atoms with Gasteiger partial charge in [0.1, 0.15) is 5.60 Å². The van der Waals surface area contributed by atoms with Gasteiger partial charge in [0.2, 0.25) is 0 Å². The molecule has 3 N–H and O–H groups in total. The van der Waals surface area contributed by atoms with Crippen molar-refractivity contribution >= 4 is 17.7 Å². The molecule has 0 aliphatic heterocycles. The molecule has 1 rings (SSSR count). The maximum absolute atomic E-state index is 12.0. The van der Waals surface area contributed by atoms with Crippen molar-refractivity contribution < 1.29 is 9.53 Å². The molecule has 0 unspecified atom stereocenters. The van der Waals surface area contributed by atoms with E-state index in [0.717, 1.165) is 5.69 Å². The number of ether oxygens (including phenoxy) is 1. The Bertz CT molecular complexity index is 591. The lowest BCUT2D eigenvalue weighted by Gasteiger charge is -2.26. The number of carbonyl (C=O) groups excluding carboxylic acids is 1. The number of aryl methyl sites for hydroxylation is 2. The quantitative estimate of drug-likeness (QED) is 0.639. The number of amides is 1. The molecule has 0 saturated heterocycles. The van der Waals surface area contributed by atoms with Gasteiger partial charge in [-0.3, -0.25) is 4.99 Å². The Balaban J connectivity index is 2.54. The highest BCUT2D eigenvalue weighted by Gasteiger charge is 2.20. The highest BCUT2D eigenvalue weighted by molar-refractivity contribution is 5.92. The summed E-state index contributed by atoms with van der Waals surface area (Å²) < 4.78 is 5.36. The third-order valence-electron chi connectivity index (χ3n) is 3.46. The fourth-order valence-electron chi connectivity index (χ4n) is 2.00. The van der Waals surface area contributed by atoms with Crippen LogP contribution in [0.25, 0.3) is 0 Å². The standard InChI is InChI=1S/C18H30N4O2/c1-7-22(17(23)24-18(4,5)6)11-10-20-16(19)21-15-9-8-13(2)14(3)12-15/h8-9,12H,7,10-11H2,1-6H3,(H3,19,20,21). The number of benzene rings is 1. The van der Waals surface area contributed by atoms with Gasteiger partial charge < -0.3 is 20.7 Å². The number of anilines is 1. The number of hydrogen-bond donors (Lipinski definition) is 2. The van der Waals surface area contributed by atoms with Crippen molar-refractivity contribution in [2.45, 2.75) is 47.1 Å². The van der Waals surface area contributed by atoms with E-state index in [0.29, 0.717) is 25.6 Å². The van der Waals surface area contributed by atoms with E-state index < -0.39 is 5.60 Å². The molecule has 6 nitrogen and oxygen atoms in total. The van der Waals surface area contributed by atoms with Gasteiger partial charge in [-0.15, -0.1) is 0 Å². The summed E-state index contributed by atoms with van der Waals surface area (Å²) in [7, 11) is 0. The molecule has 0 bridgehead atoms. The molecule has 0 aliphatic carbocycles. The predicted octanol–water partition coefficient (Wildman–Crippen LogP) is 3.29. The third-order valence-corrected chi connectivity index (χ3v) is 3.46. The van der Waals surface area contributed by atoms with Crippen molar-refractivity contribution in [3.8, 4) is 0 Å². The van der Waals surface area contributed by atoms with Gasteiger partial charge in [-0.05, 0) is 64.8 Å². The summed E-state index contributed by atoms with van der Waals surface area (Å²) in [6.45, 7) is 13.0. The Kier molecular flexibility index (Phi) is 7.07. The number of hydrogen-bond acceptors (Lipinski definition) is 3. The summed E-state index contributed by atoms with van der Waals surface area (Å²) in [6, 6.07) is 6.02. The van der Waals surface area contributed by atoms with Gasteiger partial charge in [-0.25, -0.2) is 4.79 Å². The molecule has 0 saturated carbocycles. The van der Waals surface area contributed by atoms with E-state index in [-0.39, 0.29) is 6.09 Å². The van der Waals surface area contributed by atoms with Crippen molar-refractivity contribution in [3.05, 3.63) is 29.3 Å². The Hall–Kier alpha value is -2.24. The first-order valence-electron chi connectivity index (χ1n) is 8.24. The fourth-order valence-corrected chi connectivity index (χ4v) is 2.00. The van der Waals surface area contributed by atoms with Crippen LogP contribution in [0.4, 0.5) is 10.5 Å². The monoisotopic (exact) mass is 334 g/mol. The highest BCUT2D eigenvalue weighted by Crippen LogP contribution is 2.13. The van der Waals surface area contributed by atoms with E-state index in [4.69, 9.17) is 10.5 Å². The van der Waals surface area contributed by atoms with Crippen molar-refractivity contribution in [3.63, 3.8) is 0 Å². The van der Waals surface area contributed by atoms with Crippen molar-refractivity contribution in [1.29, 1.82) is 0 Å². The van der Waals surface area contributed by atoms with Crippen molar-refractivity contribution in [2.75, 3.05) is 25.0 Å². The van der Waals surface area contributed by atoms with Crippen LogP contribution in [0.1, 0.15) is 38.8 Å². The van der Waals surface area contributed by atoms with Crippen molar-refractivity contribution in [2.24, 2.45) is 10.7 Å². The van der Waals surface area contributed by atoms with Gasteiger partial charge in [0.25, 0.3) is 0 Å². The lowest BCUT2D eigenvalue weighted by atomic mass is 10.1. The topological polar surface area (TPSA) is 80.0 Å². The second-order valence-corrected chi connectivity index (χ2v) is 6.75. The number of aliphatic imine (C=N–C) groups is 1. The molecule has 1 aromatic rings. The Morgan fingerprint density at radius 3 is 2.50 bits per heavy atom. The summed E-state index contributed by atoms with van der Waals surface area (Å²) in [4.78, 5) is 17.9. The summed E-state index contributed by atoms with van der Waals surface area (Å²) >= 11 is 0. The van der Waals surface area contributed by atoms with Crippen molar-refractivity contribution in [1.82, 2.24) is 4.90 Å². The number of nitrogens with one attached hydrogen (secondary N) is 1. The number of nitrogens with two attached hydrogens (primary N) is 1. The fraction of sp³-hybridized carbons (Fsp3) is 0.556. The number of carbonyl (C=O) groups is 1. The summed E-state index contributed by atoms with van der Waals surface area (Å²) in [5.74, 6) is 0.332. The zero-order valence-corrected chi connectivity index (χ0v) is 15.6. The molecule has 0 radical (unpaired) electrons. The lowest BCUT2D eigenvalue weighted by molar-refractivity contribution is 0.0266. The predicted molar refractivity (Wildman–Crippen MR) is 99.5 cm³/mol. The van der Waals surface area contributed by atoms with Crippen LogP contribution in [0.5, 0.6) is 0 Å². The molecule has 0 heterocycles. The van der Waals surface area contributed by atoms with E-state index in [9.17, 15) is 4.79 Å². The van der Waals surface area contributed by atoms with Crippen LogP contribution in [0.3, 0.4) is 0 Å². The average molecular weight is 334 g/mol. The van der Waals surface area contributed by atoms with Crippen LogP contribution < -0.4 is 11.1 Å². The molecule has 0 aromatic heterocycles. The van der Waals surface area contributed by atoms with Crippen LogP contribution >= 0.6 is 0 Å². The molecule has 0 spiro atoms. The molecule has 24 heavy (non-hydrogen) atoms. The van der Waals surface area contributed by atoms with Gasteiger partial charge in [0.15, 0.2) is 5.96 Å². The maximum Gasteiger partial charge on any atom is 0.410 e. The lowest BCUT2D eigenvalue weighted by Crippen LogP contribution is -2.38. The molecular weight excluding hydrogens is 304 g/mol. The normalized spacial score (nSPS) is 12.0. The minimum atomic E-state index is -0.502. The van der Waals surface area contributed by atoms with Crippen LogP contribution in [-0.2, 0) is 4.74 Å². The molecular formula is C18H30N4O2. The first-order chi connectivity index (χ1) is 11.1. The van der Waals surface area contributed by atoms with E-state index in [1.54, 1.807) is 4.90 Å². The third kappa shape index (κ3) is 6.89. The van der Waals surface area contributed by atoms with E-state index in [1.165, 1.54) is 11.1 Å².